The quantitative estimate of drug-likeness (QED) is 0.779. The summed E-state index contributed by atoms with van der Waals surface area (Å²) in [5, 5.41) is 6.53. The van der Waals surface area contributed by atoms with E-state index in [1.54, 1.807) is 12.1 Å². The van der Waals surface area contributed by atoms with Crippen LogP contribution in [0.25, 0.3) is 0 Å². The minimum Gasteiger partial charge on any atom is -0.358 e. The topological polar surface area (TPSA) is 24.1 Å². The van der Waals surface area contributed by atoms with Crippen LogP contribution >= 0.6 is 23.8 Å². The van der Waals surface area contributed by atoms with Gasteiger partial charge in [0.15, 0.2) is 5.11 Å². The average Bonchev–Trinajstić information content (AvgIpc) is 2.46. The van der Waals surface area contributed by atoms with Gasteiger partial charge in [0.25, 0.3) is 0 Å². The molecule has 0 aromatic heterocycles. The first-order valence-corrected chi connectivity index (χ1v) is 7.10. The van der Waals surface area contributed by atoms with E-state index in [1.807, 2.05) is 12.1 Å². The second-order valence-corrected chi connectivity index (χ2v) is 5.36. The molecule has 0 aliphatic heterocycles. The van der Waals surface area contributed by atoms with Gasteiger partial charge >= 0.3 is 6.18 Å². The van der Waals surface area contributed by atoms with Crippen LogP contribution in [-0.2, 0) is 12.7 Å². The molecule has 2 aromatic rings. The normalized spacial score (nSPS) is 11.1. The van der Waals surface area contributed by atoms with Crippen molar-refractivity contribution in [1.82, 2.24) is 5.32 Å². The van der Waals surface area contributed by atoms with E-state index in [0.29, 0.717) is 11.6 Å². The largest absolute Gasteiger partial charge is 0.416 e. The van der Waals surface area contributed by atoms with E-state index < -0.39 is 11.7 Å². The zero-order valence-electron chi connectivity index (χ0n) is 11.2. The zero-order valence-corrected chi connectivity index (χ0v) is 12.8. The Kier molecular flexibility index (Phi) is 5.26. The van der Waals surface area contributed by atoms with Crippen molar-refractivity contribution in [3.05, 3.63) is 64.7 Å². The molecule has 2 N–H and O–H groups in total. The maximum atomic E-state index is 12.6. The Morgan fingerprint density at radius 3 is 2.41 bits per heavy atom. The van der Waals surface area contributed by atoms with Crippen molar-refractivity contribution in [2.45, 2.75) is 12.7 Å². The third-order valence-corrected chi connectivity index (χ3v) is 3.31. The molecule has 0 saturated carbocycles. The van der Waals surface area contributed by atoms with Crippen molar-refractivity contribution in [3.63, 3.8) is 0 Å². The number of rotatable bonds is 3. The number of anilines is 1. The van der Waals surface area contributed by atoms with Crippen molar-refractivity contribution in [3.8, 4) is 0 Å². The van der Waals surface area contributed by atoms with Gasteiger partial charge in [-0.05, 0) is 48.1 Å². The third kappa shape index (κ3) is 4.89. The van der Waals surface area contributed by atoms with Crippen molar-refractivity contribution in [1.29, 1.82) is 0 Å². The van der Waals surface area contributed by atoms with Gasteiger partial charge in [-0.25, -0.2) is 0 Å². The molecule has 0 aliphatic rings. The first-order chi connectivity index (χ1) is 10.3. The minimum atomic E-state index is -4.38. The molecule has 7 heteroatoms. The second kappa shape index (κ2) is 6.98. The molecule has 2 nitrogen and oxygen atoms in total. The lowest BCUT2D eigenvalue weighted by atomic mass is 10.2. The first kappa shape index (κ1) is 16.6. The molecule has 0 heterocycles. The Hall–Kier alpha value is -1.79. The Morgan fingerprint density at radius 2 is 1.77 bits per heavy atom. The number of thiocarbonyl (C=S) groups is 1. The lowest BCUT2D eigenvalue weighted by Gasteiger charge is -2.12. The van der Waals surface area contributed by atoms with Crippen LogP contribution in [0.2, 0.25) is 5.02 Å². The van der Waals surface area contributed by atoms with Gasteiger partial charge in [-0.15, -0.1) is 0 Å². The van der Waals surface area contributed by atoms with Crippen LogP contribution in [0.1, 0.15) is 11.1 Å². The maximum Gasteiger partial charge on any atom is 0.416 e. The molecule has 2 rings (SSSR count). The molecule has 0 fully saturated rings. The van der Waals surface area contributed by atoms with Crippen LogP contribution in [0.4, 0.5) is 18.9 Å². The summed E-state index contributed by atoms with van der Waals surface area (Å²) in [5.74, 6) is 0. The fourth-order valence-corrected chi connectivity index (χ4v) is 2.05. The van der Waals surface area contributed by atoms with Gasteiger partial charge in [-0.2, -0.15) is 13.2 Å². The van der Waals surface area contributed by atoms with Gasteiger partial charge in [0.05, 0.1) is 5.56 Å². The number of alkyl halides is 3. The summed E-state index contributed by atoms with van der Waals surface area (Å²) in [6.07, 6.45) is -4.38. The Bertz CT molecular complexity index is 657. The molecule has 0 saturated heterocycles. The summed E-state index contributed by atoms with van der Waals surface area (Å²) in [7, 11) is 0. The van der Waals surface area contributed by atoms with E-state index in [4.69, 9.17) is 23.8 Å². The van der Waals surface area contributed by atoms with E-state index >= 15 is 0 Å². The molecule has 0 unspecified atom stereocenters. The summed E-state index contributed by atoms with van der Waals surface area (Å²) in [5.41, 5.74) is 0.513. The molecule has 0 radical (unpaired) electrons. The van der Waals surface area contributed by atoms with Gasteiger partial charge in [-0.1, -0.05) is 29.8 Å². The van der Waals surface area contributed by atoms with E-state index in [2.05, 4.69) is 10.6 Å². The molecule has 2 aromatic carbocycles. The van der Waals surface area contributed by atoms with Gasteiger partial charge in [-0.3, -0.25) is 0 Å². The van der Waals surface area contributed by atoms with Crippen LogP contribution in [0.5, 0.6) is 0 Å². The van der Waals surface area contributed by atoms with Gasteiger partial charge in [0.1, 0.15) is 0 Å². The van der Waals surface area contributed by atoms with Crippen molar-refractivity contribution in [2.24, 2.45) is 0 Å². The standard InChI is InChI=1S/C15H12ClF3N2S/c16-12-6-4-10(5-7-12)9-20-14(22)21-13-3-1-2-11(8-13)15(17,18)19/h1-8H,9H2,(H2,20,21,22). The molecule has 0 atom stereocenters. The maximum absolute atomic E-state index is 12.6. The Morgan fingerprint density at radius 1 is 1.09 bits per heavy atom. The van der Waals surface area contributed by atoms with Gasteiger partial charge < -0.3 is 10.6 Å². The highest BCUT2D eigenvalue weighted by molar-refractivity contribution is 7.80. The van der Waals surface area contributed by atoms with Crippen molar-refractivity contribution >= 4 is 34.6 Å². The third-order valence-electron chi connectivity index (χ3n) is 2.81. The van der Waals surface area contributed by atoms with Crippen LogP contribution in [-0.4, -0.2) is 5.11 Å². The minimum absolute atomic E-state index is 0.245. The van der Waals surface area contributed by atoms with Crippen LogP contribution in [0.15, 0.2) is 48.5 Å². The van der Waals surface area contributed by atoms with Crippen LogP contribution < -0.4 is 10.6 Å². The van der Waals surface area contributed by atoms with Gasteiger partial charge in [0, 0.05) is 17.3 Å². The summed E-state index contributed by atoms with van der Waals surface area (Å²) in [6.45, 7) is 0.446. The molecule has 0 bridgehead atoms. The monoisotopic (exact) mass is 344 g/mol. The number of nitrogens with one attached hydrogen (secondary N) is 2. The lowest BCUT2D eigenvalue weighted by molar-refractivity contribution is -0.137. The predicted molar refractivity (Wildman–Crippen MR) is 86.0 cm³/mol. The first-order valence-electron chi connectivity index (χ1n) is 6.31. The summed E-state index contributed by atoms with van der Waals surface area (Å²) in [4.78, 5) is 0. The van der Waals surface area contributed by atoms with Crippen LogP contribution in [0, 0.1) is 0 Å². The SMILES string of the molecule is FC(F)(F)c1cccc(NC(=S)NCc2ccc(Cl)cc2)c1. The van der Waals surface area contributed by atoms with Crippen LogP contribution in [0.3, 0.4) is 0 Å². The molecular formula is C15H12ClF3N2S. The molecule has 22 heavy (non-hydrogen) atoms. The molecule has 0 aliphatic carbocycles. The number of halogens is 4. The van der Waals surface area contributed by atoms with E-state index in [1.165, 1.54) is 12.1 Å². The molecule has 0 spiro atoms. The highest BCUT2D eigenvalue weighted by Crippen LogP contribution is 2.30. The van der Waals surface area contributed by atoms with E-state index in [-0.39, 0.29) is 10.8 Å². The average molecular weight is 345 g/mol. The van der Waals surface area contributed by atoms with Gasteiger partial charge in [0.2, 0.25) is 0 Å². The summed E-state index contributed by atoms with van der Waals surface area (Å²) in [6, 6.07) is 12.0. The highest BCUT2D eigenvalue weighted by atomic mass is 35.5. The van der Waals surface area contributed by atoms with Crippen molar-refractivity contribution in [2.75, 3.05) is 5.32 Å². The highest BCUT2D eigenvalue weighted by Gasteiger charge is 2.30. The number of benzene rings is 2. The fraction of sp³-hybridized carbons (Fsp3) is 0.133. The Labute approximate surface area is 136 Å². The predicted octanol–water partition coefficient (Wildman–Crippen LogP) is 4.85. The fourth-order valence-electron chi connectivity index (χ4n) is 1.73. The molecular weight excluding hydrogens is 333 g/mol. The second-order valence-electron chi connectivity index (χ2n) is 4.51. The lowest BCUT2D eigenvalue weighted by Crippen LogP contribution is -2.28. The zero-order chi connectivity index (χ0) is 16.2. The smallest absolute Gasteiger partial charge is 0.358 e. The Balaban J connectivity index is 1.93. The van der Waals surface area contributed by atoms with E-state index in [0.717, 1.165) is 17.7 Å². The summed E-state index contributed by atoms with van der Waals surface area (Å²) < 4.78 is 37.9. The molecule has 116 valence electrons. The number of hydrogen-bond donors (Lipinski definition) is 2. The summed E-state index contributed by atoms with van der Waals surface area (Å²) >= 11 is 10.9. The van der Waals surface area contributed by atoms with E-state index in [9.17, 15) is 13.2 Å². The molecule has 0 amide bonds. The van der Waals surface area contributed by atoms with Crippen molar-refractivity contribution < 1.29 is 13.2 Å². The number of hydrogen-bond acceptors (Lipinski definition) is 1.